The molecule has 0 spiro atoms. The highest BCUT2D eigenvalue weighted by Crippen LogP contribution is 2.12. The van der Waals surface area contributed by atoms with E-state index in [0.29, 0.717) is 16.9 Å². The highest BCUT2D eigenvalue weighted by Gasteiger charge is 2.12. The lowest BCUT2D eigenvalue weighted by Crippen LogP contribution is -2.19. The summed E-state index contributed by atoms with van der Waals surface area (Å²) < 4.78 is 17.6. The van der Waals surface area contributed by atoms with Gasteiger partial charge in [0.05, 0.1) is 0 Å². The highest BCUT2D eigenvalue weighted by molar-refractivity contribution is 7.83. The van der Waals surface area contributed by atoms with Crippen molar-refractivity contribution in [1.29, 1.82) is 0 Å². The summed E-state index contributed by atoms with van der Waals surface area (Å²) in [5, 5.41) is 0. The number of oxazole rings is 1. The average Bonchev–Trinajstić information content (AvgIpc) is 2.53. The van der Waals surface area contributed by atoms with E-state index in [9.17, 15) is 9.00 Å². The minimum atomic E-state index is -1.33. The quantitative estimate of drug-likeness (QED) is 0.748. The van der Waals surface area contributed by atoms with Gasteiger partial charge in [-0.1, -0.05) is 19.1 Å². The molecule has 5 heteroatoms. The highest BCUT2D eigenvalue weighted by atomic mass is 32.2. The van der Waals surface area contributed by atoms with Gasteiger partial charge in [-0.2, -0.15) is 3.97 Å². The molecule has 0 aliphatic carbocycles. The van der Waals surface area contributed by atoms with Crippen molar-refractivity contribution in [3.63, 3.8) is 0 Å². The fourth-order valence-corrected chi connectivity index (χ4v) is 2.10. The van der Waals surface area contributed by atoms with Crippen LogP contribution in [-0.4, -0.2) is 13.9 Å². The van der Waals surface area contributed by atoms with Crippen LogP contribution in [0.3, 0.4) is 0 Å². The molecule has 0 amide bonds. The minimum absolute atomic E-state index is 0.392. The molecule has 1 heterocycles. The summed E-state index contributed by atoms with van der Waals surface area (Å²) >= 11 is 0. The molecule has 0 N–H and O–H groups in total. The van der Waals surface area contributed by atoms with E-state index in [2.05, 4.69) is 0 Å². The number of hydrogen-bond donors (Lipinski definition) is 0. The van der Waals surface area contributed by atoms with Crippen molar-refractivity contribution in [3.05, 3.63) is 34.8 Å². The molecule has 2 aromatic rings. The maximum atomic E-state index is 11.5. The van der Waals surface area contributed by atoms with Crippen LogP contribution in [0.5, 0.6) is 0 Å². The van der Waals surface area contributed by atoms with Crippen LogP contribution in [0.2, 0.25) is 0 Å². The van der Waals surface area contributed by atoms with Crippen LogP contribution >= 0.6 is 0 Å². The predicted octanol–water partition coefficient (Wildman–Crippen LogP) is 1.13. The normalized spacial score (nSPS) is 13.2. The number of rotatable bonds is 2. The van der Waals surface area contributed by atoms with Gasteiger partial charge in [0.2, 0.25) is 0 Å². The fraction of sp³-hybridized carbons (Fsp3) is 0.222. The largest absolute Gasteiger partial charge is 0.432 e. The average molecular weight is 211 g/mol. The lowest BCUT2D eigenvalue weighted by molar-refractivity contribution is 0.546. The second-order valence-electron chi connectivity index (χ2n) is 2.74. The first-order valence-electron chi connectivity index (χ1n) is 4.23. The van der Waals surface area contributed by atoms with Gasteiger partial charge >= 0.3 is 5.76 Å². The van der Waals surface area contributed by atoms with E-state index >= 15 is 0 Å². The summed E-state index contributed by atoms with van der Waals surface area (Å²) in [6, 6.07) is 6.94. The second kappa shape index (κ2) is 3.42. The third-order valence-corrected chi connectivity index (χ3v) is 3.14. The number of fused-ring (bicyclic) bond motifs is 1. The van der Waals surface area contributed by atoms with Crippen LogP contribution in [-0.2, 0) is 11.0 Å². The van der Waals surface area contributed by atoms with Gasteiger partial charge in [0.1, 0.15) is 16.5 Å². The Labute approximate surface area is 82.7 Å². The van der Waals surface area contributed by atoms with Crippen LogP contribution in [0.4, 0.5) is 0 Å². The number of nitrogens with zero attached hydrogens (tertiary/aromatic N) is 1. The predicted molar refractivity (Wildman–Crippen MR) is 54.6 cm³/mol. The number of benzene rings is 1. The summed E-state index contributed by atoms with van der Waals surface area (Å²) in [4.78, 5) is 11.3. The van der Waals surface area contributed by atoms with Crippen molar-refractivity contribution < 1.29 is 8.63 Å². The van der Waals surface area contributed by atoms with E-state index < -0.39 is 16.7 Å². The summed E-state index contributed by atoms with van der Waals surface area (Å²) in [6.45, 7) is 1.75. The molecule has 14 heavy (non-hydrogen) atoms. The lowest BCUT2D eigenvalue weighted by atomic mass is 10.3. The Balaban J connectivity index is 2.81. The SMILES string of the molecule is CCS(=O)n1c(=O)oc2ccccc21. The van der Waals surface area contributed by atoms with Crippen molar-refractivity contribution in [2.24, 2.45) is 0 Å². The molecule has 74 valence electrons. The molecular weight excluding hydrogens is 202 g/mol. The molecule has 0 saturated carbocycles. The molecule has 1 aromatic carbocycles. The summed E-state index contributed by atoms with van der Waals surface area (Å²) in [6.07, 6.45) is 0. The molecule has 4 nitrogen and oxygen atoms in total. The van der Waals surface area contributed by atoms with Crippen molar-refractivity contribution in [1.82, 2.24) is 3.97 Å². The van der Waals surface area contributed by atoms with Gasteiger partial charge in [0, 0.05) is 5.75 Å². The molecule has 0 fully saturated rings. The Morgan fingerprint density at radius 1 is 1.43 bits per heavy atom. The van der Waals surface area contributed by atoms with E-state index in [4.69, 9.17) is 4.42 Å². The van der Waals surface area contributed by atoms with Crippen LogP contribution in [0.1, 0.15) is 6.92 Å². The number of para-hydroxylation sites is 2. The first-order valence-corrected chi connectivity index (χ1v) is 5.51. The van der Waals surface area contributed by atoms with Crippen LogP contribution in [0.25, 0.3) is 11.1 Å². The number of aromatic nitrogens is 1. The maximum absolute atomic E-state index is 11.5. The maximum Gasteiger partial charge on any atom is 0.432 e. The summed E-state index contributed by atoms with van der Waals surface area (Å²) in [5.74, 6) is -0.171. The third kappa shape index (κ3) is 1.29. The van der Waals surface area contributed by atoms with Gasteiger partial charge in [-0.3, -0.25) is 0 Å². The molecule has 0 aliphatic heterocycles. The summed E-state index contributed by atoms with van der Waals surface area (Å²) in [7, 11) is -1.33. The first kappa shape index (κ1) is 9.21. The van der Waals surface area contributed by atoms with Crippen molar-refractivity contribution in [2.45, 2.75) is 6.92 Å². The zero-order chi connectivity index (χ0) is 10.1. The van der Waals surface area contributed by atoms with E-state index in [-0.39, 0.29) is 0 Å². The molecule has 1 aromatic heterocycles. The third-order valence-electron chi connectivity index (χ3n) is 1.90. The van der Waals surface area contributed by atoms with Gasteiger partial charge in [0.15, 0.2) is 5.58 Å². The standard InChI is InChI=1S/C9H9NO3S/c1-2-14(12)10-7-5-3-4-6-8(7)13-9(10)11/h3-6H,2H2,1H3. The van der Waals surface area contributed by atoms with Crippen LogP contribution in [0.15, 0.2) is 33.5 Å². The Morgan fingerprint density at radius 2 is 2.14 bits per heavy atom. The van der Waals surface area contributed by atoms with Gasteiger partial charge in [-0.25, -0.2) is 9.00 Å². The van der Waals surface area contributed by atoms with Crippen LogP contribution in [0, 0.1) is 0 Å². The monoisotopic (exact) mass is 211 g/mol. The first-order chi connectivity index (χ1) is 6.74. The zero-order valence-corrected chi connectivity index (χ0v) is 8.41. The Hall–Kier alpha value is -1.36. The zero-order valence-electron chi connectivity index (χ0n) is 7.60. The topological polar surface area (TPSA) is 52.2 Å². The Kier molecular flexibility index (Phi) is 2.25. The molecule has 0 radical (unpaired) electrons. The number of hydrogen-bond acceptors (Lipinski definition) is 3. The Bertz CT molecular complexity index is 540. The van der Waals surface area contributed by atoms with Crippen LogP contribution < -0.4 is 5.76 Å². The van der Waals surface area contributed by atoms with Crippen molar-refractivity contribution in [3.8, 4) is 0 Å². The molecule has 0 bridgehead atoms. The molecule has 1 atom stereocenters. The molecule has 2 rings (SSSR count). The van der Waals surface area contributed by atoms with Gasteiger partial charge in [-0.05, 0) is 12.1 Å². The van der Waals surface area contributed by atoms with Crippen molar-refractivity contribution >= 4 is 22.1 Å². The second-order valence-corrected chi connectivity index (χ2v) is 4.33. The smallest absolute Gasteiger partial charge is 0.407 e. The van der Waals surface area contributed by atoms with E-state index in [1.54, 1.807) is 31.2 Å². The van der Waals surface area contributed by atoms with Gasteiger partial charge in [-0.15, -0.1) is 0 Å². The van der Waals surface area contributed by atoms with Crippen molar-refractivity contribution in [2.75, 3.05) is 5.75 Å². The molecule has 1 unspecified atom stereocenters. The lowest BCUT2D eigenvalue weighted by Gasteiger charge is -1.96. The van der Waals surface area contributed by atoms with E-state index in [0.717, 1.165) is 0 Å². The minimum Gasteiger partial charge on any atom is -0.407 e. The summed E-state index contributed by atoms with van der Waals surface area (Å²) in [5.41, 5.74) is 1.05. The fourth-order valence-electron chi connectivity index (χ4n) is 1.27. The Morgan fingerprint density at radius 3 is 2.86 bits per heavy atom. The molecule has 0 aliphatic rings. The van der Waals surface area contributed by atoms with E-state index in [1.807, 2.05) is 0 Å². The van der Waals surface area contributed by atoms with Gasteiger partial charge in [0.25, 0.3) is 0 Å². The molecule has 0 saturated heterocycles. The van der Waals surface area contributed by atoms with E-state index in [1.165, 1.54) is 3.97 Å². The van der Waals surface area contributed by atoms with Gasteiger partial charge < -0.3 is 4.42 Å². The molecular formula is C9H9NO3S.